The molecule has 0 radical (unpaired) electrons. The summed E-state index contributed by atoms with van der Waals surface area (Å²) >= 11 is 12.2. The predicted octanol–water partition coefficient (Wildman–Crippen LogP) is 5.72. The van der Waals surface area contributed by atoms with Crippen molar-refractivity contribution in [2.45, 2.75) is 19.3 Å². The molecule has 4 nitrogen and oxygen atoms in total. The highest BCUT2D eigenvalue weighted by Gasteiger charge is 2.18. The van der Waals surface area contributed by atoms with Crippen LogP contribution in [0.4, 0.5) is 0 Å². The van der Waals surface area contributed by atoms with Crippen LogP contribution in [0.3, 0.4) is 0 Å². The van der Waals surface area contributed by atoms with Crippen molar-refractivity contribution in [1.29, 1.82) is 0 Å². The Morgan fingerprint density at radius 1 is 1.04 bits per heavy atom. The van der Waals surface area contributed by atoms with E-state index in [-0.39, 0.29) is 6.42 Å². The molecule has 0 fully saturated rings. The molecule has 128 valence electrons. The highest BCUT2D eigenvalue weighted by atomic mass is 35.5. The molecule has 0 amide bonds. The first-order valence-corrected chi connectivity index (χ1v) is 8.52. The minimum absolute atomic E-state index is 0.0708. The number of carbonyl (C=O) groups is 1. The smallest absolute Gasteiger partial charge is 0.303 e. The average molecular weight is 376 g/mol. The van der Waals surface area contributed by atoms with E-state index >= 15 is 0 Å². The lowest BCUT2D eigenvalue weighted by atomic mass is 10.1. The van der Waals surface area contributed by atoms with Crippen molar-refractivity contribution in [2.75, 3.05) is 0 Å². The Labute approximate surface area is 155 Å². The quantitative estimate of drug-likeness (QED) is 0.597. The Hall–Kier alpha value is -2.30. The van der Waals surface area contributed by atoms with E-state index < -0.39 is 5.97 Å². The highest BCUT2D eigenvalue weighted by molar-refractivity contribution is 6.35. The number of aryl methyl sites for hydroxylation is 1. The minimum atomic E-state index is -0.836. The van der Waals surface area contributed by atoms with Crippen molar-refractivity contribution in [3.05, 3.63) is 64.5 Å². The van der Waals surface area contributed by atoms with Gasteiger partial charge in [0, 0.05) is 34.0 Å². The molecule has 0 spiro atoms. The van der Waals surface area contributed by atoms with Gasteiger partial charge in [-0.2, -0.15) is 0 Å². The molecule has 0 aliphatic carbocycles. The summed E-state index contributed by atoms with van der Waals surface area (Å²) in [5.74, 6) is 0.226. The summed E-state index contributed by atoms with van der Waals surface area (Å²) in [5, 5.41) is 9.80. The van der Waals surface area contributed by atoms with Gasteiger partial charge in [-0.25, -0.2) is 4.98 Å². The van der Waals surface area contributed by atoms with E-state index in [4.69, 9.17) is 32.7 Å². The van der Waals surface area contributed by atoms with Crippen molar-refractivity contribution in [2.24, 2.45) is 0 Å². The van der Waals surface area contributed by atoms with E-state index in [2.05, 4.69) is 4.98 Å². The number of nitrogens with zero attached hydrogens (tertiary/aromatic N) is 1. The van der Waals surface area contributed by atoms with E-state index in [1.807, 2.05) is 30.3 Å². The molecular weight excluding hydrogens is 361 g/mol. The molecule has 0 unspecified atom stereocenters. The lowest BCUT2D eigenvalue weighted by Crippen LogP contribution is -1.95. The fourth-order valence-electron chi connectivity index (χ4n) is 2.53. The standard InChI is InChI=1S/C19H15Cl2NO3/c20-14-9-13(10-15(21)11-14)19-18(12-5-2-1-3-6-12)22-16(25-19)7-4-8-17(23)24/h1-3,5-6,9-11H,4,7-8H2,(H,23,24). The number of aliphatic carboxylic acids is 1. The Morgan fingerprint density at radius 2 is 1.72 bits per heavy atom. The van der Waals surface area contributed by atoms with E-state index in [1.165, 1.54) is 0 Å². The second-order valence-corrected chi connectivity index (χ2v) is 6.43. The molecule has 25 heavy (non-hydrogen) atoms. The Balaban J connectivity index is 2.02. The SMILES string of the molecule is O=C(O)CCCc1nc(-c2ccccc2)c(-c2cc(Cl)cc(Cl)c2)o1. The molecule has 3 rings (SSSR count). The van der Waals surface area contributed by atoms with Crippen LogP contribution >= 0.6 is 23.2 Å². The molecule has 0 bridgehead atoms. The van der Waals surface area contributed by atoms with Crippen molar-refractivity contribution < 1.29 is 14.3 Å². The Morgan fingerprint density at radius 3 is 2.36 bits per heavy atom. The number of halogens is 2. The summed E-state index contributed by atoms with van der Waals surface area (Å²) in [4.78, 5) is 15.3. The lowest BCUT2D eigenvalue weighted by Gasteiger charge is -2.03. The van der Waals surface area contributed by atoms with E-state index in [1.54, 1.807) is 18.2 Å². The lowest BCUT2D eigenvalue weighted by molar-refractivity contribution is -0.137. The van der Waals surface area contributed by atoms with Crippen LogP contribution in [0.1, 0.15) is 18.7 Å². The van der Waals surface area contributed by atoms with Gasteiger partial charge in [-0.3, -0.25) is 4.79 Å². The summed E-state index contributed by atoms with van der Waals surface area (Å²) in [6.45, 7) is 0. The number of hydrogen-bond acceptors (Lipinski definition) is 3. The number of carboxylic acid groups (broad SMARTS) is 1. The van der Waals surface area contributed by atoms with Crippen molar-refractivity contribution >= 4 is 29.2 Å². The average Bonchev–Trinajstić information content (AvgIpc) is 2.99. The van der Waals surface area contributed by atoms with Crippen LogP contribution in [0.15, 0.2) is 52.9 Å². The first-order chi connectivity index (χ1) is 12.0. The monoisotopic (exact) mass is 375 g/mol. The molecule has 2 aromatic carbocycles. The van der Waals surface area contributed by atoms with Crippen LogP contribution in [0.2, 0.25) is 10.0 Å². The second kappa shape index (κ2) is 7.72. The van der Waals surface area contributed by atoms with Crippen LogP contribution in [-0.4, -0.2) is 16.1 Å². The first-order valence-electron chi connectivity index (χ1n) is 7.76. The van der Waals surface area contributed by atoms with Crippen LogP contribution in [0.25, 0.3) is 22.6 Å². The zero-order valence-corrected chi connectivity index (χ0v) is 14.7. The van der Waals surface area contributed by atoms with Gasteiger partial charge in [0.1, 0.15) is 5.69 Å². The third-order valence-corrected chi connectivity index (χ3v) is 4.06. The van der Waals surface area contributed by atoms with Crippen LogP contribution in [-0.2, 0) is 11.2 Å². The van der Waals surface area contributed by atoms with E-state index in [0.29, 0.717) is 40.2 Å². The molecular formula is C19H15Cl2NO3. The Kier molecular flexibility index (Phi) is 5.41. The van der Waals surface area contributed by atoms with Gasteiger partial charge in [0.2, 0.25) is 0 Å². The largest absolute Gasteiger partial charge is 0.481 e. The van der Waals surface area contributed by atoms with Gasteiger partial charge >= 0.3 is 5.97 Å². The third-order valence-electron chi connectivity index (χ3n) is 3.62. The second-order valence-electron chi connectivity index (χ2n) is 5.56. The number of hydrogen-bond donors (Lipinski definition) is 1. The van der Waals surface area contributed by atoms with Gasteiger partial charge in [0.25, 0.3) is 0 Å². The van der Waals surface area contributed by atoms with Crippen LogP contribution in [0.5, 0.6) is 0 Å². The zero-order valence-electron chi connectivity index (χ0n) is 13.2. The molecule has 0 atom stereocenters. The fourth-order valence-corrected chi connectivity index (χ4v) is 3.06. The normalized spacial score (nSPS) is 10.8. The molecule has 3 aromatic rings. The van der Waals surface area contributed by atoms with Crippen LogP contribution < -0.4 is 0 Å². The summed E-state index contributed by atoms with van der Waals surface area (Å²) < 4.78 is 5.93. The number of rotatable bonds is 6. The topological polar surface area (TPSA) is 63.3 Å². The minimum Gasteiger partial charge on any atom is -0.481 e. The molecule has 0 saturated carbocycles. The van der Waals surface area contributed by atoms with Gasteiger partial charge < -0.3 is 9.52 Å². The van der Waals surface area contributed by atoms with E-state index in [9.17, 15) is 4.79 Å². The van der Waals surface area contributed by atoms with Gasteiger partial charge in [0.05, 0.1) is 0 Å². The maximum atomic E-state index is 10.7. The maximum Gasteiger partial charge on any atom is 0.303 e. The molecule has 0 saturated heterocycles. The highest BCUT2D eigenvalue weighted by Crippen LogP contribution is 2.35. The first kappa shape index (κ1) is 17.5. The summed E-state index contributed by atoms with van der Waals surface area (Å²) in [6.07, 6.45) is 0.974. The van der Waals surface area contributed by atoms with E-state index in [0.717, 1.165) is 11.1 Å². The molecule has 1 heterocycles. The number of oxazole rings is 1. The summed E-state index contributed by atoms with van der Waals surface area (Å²) in [7, 11) is 0. The maximum absolute atomic E-state index is 10.7. The van der Waals surface area contributed by atoms with Gasteiger partial charge in [-0.05, 0) is 24.6 Å². The zero-order chi connectivity index (χ0) is 17.8. The molecule has 1 aromatic heterocycles. The van der Waals surface area contributed by atoms with Gasteiger partial charge in [-0.15, -0.1) is 0 Å². The number of aromatic nitrogens is 1. The van der Waals surface area contributed by atoms with Crippen molar-refractivity contribution in [3.8, 4) is 22.6 Å². The molecule has 1 N–H and O–H groups in total. The van der Waals surface area contributed by atoms with Gasteiger partial charge in [-0.1, -0.05) is 53.5 Å². The third kappa shape index (κ3) is 4.41. The molecule has 0 aliphatic heterocycles. The number of benzene rings is 2. The predicted molar refractivity (Wildman–Crippen MR) is 98.0 cm³/mol. The molecule has 0 aliphatic rings. The summed E-state index contributed by atoms with van der Waals surface area (Å²) in [5.41, 5.74) is 2.32. The van der Waals surface area contributed by atoms with Crippen molar-refractivity contribution in [1.82, 2.24) is 4.98 Å². The van der Waals surface area contributed by atoms with Gasteiger partial charge in [0.15, 0.2) is 11.7 Å². The fraction of sp³-hybridized carbons (Fsp3) is 0.158. The molecule has 6 heteroatoms. The summed E-state index contributed by atoms with van der Waals surface area (Å²) in [6, 6.07) is 14.8. The Bertz CT molecular complexity index is 871. The van der Waals surface area contributed by atoms with Crippen molar-refractivity contribution in [3.63, 3.8) is 0 Å². The number of carboxylic acids is 1. The van der Waals surface area contributed by atoms with Crippen LogP contribution in [0, 0.1) is 0 Å².